The smallest absolute Gasteiger partial charge is 0.0303 e. The first-order valence-corrected chi connectivity index (χ1v) is 7.59. The van der Waals surface area contributed by atoms with Crippen LogP contribution in [-0.4, -0.2) is 30.1 Å². The number of hydrogen-bond acceptors (Lipinski definition) is 2. The number of nitrogens with zero attached hydrogens (tertiary/aromatic N) is 1. The normalized spacial score (nSPS) is 28.4. The third-order valence-electron chi connectivity index (χ3n) is 5.34. The zero-order chi connectivity index (χ0) is 12.4. The highest BCUT2D eigenvalue weighted by atomic mass is 15.2. The van der Waals surface area contributed by atoms with E-state index in [1.54, 1.807) is 0 Å². The summed E-state index contributed by atoms with van der Waals surface area (Å²) in [7, 11) is 0. The van der Waals surface area contributed by atoms with Crippen LogP contribution in [0.4, 0.5) is 0 Å². The van der Waals surface area contributed by atoms with E-state index in [0.717, 1.165) is 6.54 Å². The first kappa shape index (κ1) is 13.4. The molecule has 0 aromatic carbocycles. The van der Waals surface area contributed by atoms with Crippen molar-refractivity contribution >= 4 is 0 Å². The van der Waals surface area contributed by atoms with Crippen LogP contribution in [0.3, 0.4) is 0 Å². The Kier molecular flexibility index (Phi) is 4.14. The average molecular weight is 238 g/mol. The van der Waals surface area contributed by atoms with Gasteiger partial charge in [-0.3, -0.25) is 4.90 Å². The molecular weight excluding hydrogens is 208 g/mol. The van der Waals surface area contributed by atoms with Gasteiger partial charge in [0.1, 0.15) is 0 Å². The molecule has 2 aliphatic rings. The fourth-order valence-corrected chi connectivity index (χ4v) is 4.03. The van der Waals surface area contributed by atoms with Crippen LogP contribution in [0.15, 0.2) is 0 Å². The number of rotatable bonds is 4. The molecule has 1 aliphatic heterocycles. The Balaban J connectivity index is 2.00. The monoisotopic (exact) mass is 238 g/mol. The molecule has 100 valence electrons. The Hall–Kier alpha value is -0.0800. The maximum atomic E-state index is 6.05. The number of likely N-dealkylation sites (tertiary alicyclic amines) is 1. The van der Waals surface area contributed by atoms with Crippen molar-refractivity contribution in [3.8, 4) is 0 Å². The second-order valence-electron chi connectivity index (χ2n) is 6.68. The van der Waals surface area contributed by atoms with E-state index in [1.807, 2.05) is 0 Å². The first-order valence-electron chi connectivity index (χ1n) is 7.59. The quantitative estimate of drug-likeness (QED) is 0.815. The Morgan fingerprint density at radius 1 is 1.18 bits per heavy atom. The summed E-state index contributed by atoms with van der Waals surface area (Å²) >= 11 is 0. The Morgan fingerprint density at radius 2 is 1.88 bits per heavy atom. The maximum Gasteiger partial charge on any atom is 0.0303 e. The molecule has 2 nitrogen and oxygen atoms in total. The minimum atomic E-state index is 0.260. The summed E-state index contributed by atoms with van der Waals surface area (Å²) in [5, 5.41) is 0. The first-order chi connectivity index (χ1) is 8.14. The van der Waals surface area contributed by atoms with Gasteiger partial charge >= 0.3 is 0 Å². The van der Waals surface area contributed by atoms with E-state index >= 15 is 0 Å². The predicted octanol–water partition coefficient (Wildman–Crippen LogP) is 3.16. The number of hydrogen-bond donors (Lipinski definition) is 1. The zero-order valence-corrected chi connectivity index (χ0v) is 11.8. The summed E-state index contributed by atoms with van der Waals surface area (Å²) in [6, 6.07) is 0. The van der Waals surface area contributed by atoms with Crippen LogP contribution in [-0.2, 0) is 0 Å². The van der Waals surface area contributed by atoms with Crippen molar-refractivity contribution in [2.45, 2.75) is 70.8 Å². The highest BCUT2D eigenvalue weighted by molar-refractivity contribution is 4.98. The molecule has 2 heteroatoms. The molecule has 2 fully saturated rings. The van der Waals surface area contributed by atoms with E-state index in [-0.39, 0.29) is 5.54 Å². The molecule has 1 unspecified atom stereocenters. The van der Waals surface area contributed by atoms with Gasteiger partial charge in [0.2, 0.25) is 0 Å². The molecule has 1 aliphatic carbocycles. The minimum absolute atomic E-state index is 0.260. The van der Waals surface area contributed by atoms with Crippen molar-refractivity contribution < 1.29 is 0 Å². The van der Waals surface area contributed by atoms with Gasteiger partial charge in [0.05, 0.1) is 0 Å². The SMILES string of the molecule is CCCC(C)(CN)N1CCC2(CCCCC2)C1. The summed E-state index contributed by atoms with van der Waals surface area (Å²) in [6.07, 6.45) is 11.2. The molecule has 0 amide bonds. The lowest BCUT2D eigenvalue weighted by molar-refractivity contribution is 0.0992. The van der Waals surface area contributed by atoms with Crippen LogP contribution in [0.25, 0.3) is 0 Å². The summed E-state index contributed by atoms with van der Waals surface area (Å²) in [5.74, 6) is 0. The van der Waals surface area contributed by atoms with Gasteiger partial charge in [0.25, 0.3) is 0 Å². The van der Waals surface area contributed by atoms with Gasteiger partial charge in [-0.05, 0) is 44.6 Å². The lowest BCUT2D eigenvalue weighted by Crippen LogP contribution is -2.51. The Labute approximate surface area is 107 Å². The van der Waals surface area contributed by atoms with Gasteiger partial charge in [-0.2, -0.15) is 0 Å². The average Bonchev–Trinajstić information content (AvgIpc) is 2.75. The maximum absolute atomic E-state index is 6.05. The van der Waals surface area contributed by atoms with E-state index < -0.39 is 0 Å². The van der Waals surface area contributed by atoms with Crippen LogP contribution in [0.2, 0.25) is 0 Å². The van der Waals surface area contributed by atoms with E-state index in [1.165, 1.54) is 64.5 Å². The fraction of sp³-hybridized carbons (Fsp3) is 1.00. The Morgan fingerprint density at radius 3 is 2.47 bits per heavy atom. The second kappa shape index (κ2) is 5.27. The molecule has 0 aromatic heterocycles. The molecule has 0 bridgehead atoms. The Bertz CT molecular complexity index is 245. The third-order valence-corrected chi connectivity index (χ3v) is 5.34. The topological polar surface area (TPSA) is 29.3 Å². The highest BCUT2D eigenvalue weighted by Crippen LogP contribution is 2.45. The van der Waals surface area contributed by atoms with Crippen molar-refractivity contribution in [1.82, 2.24) is 4.90 Å². The molecule has 2 N–H and O–H groups in total. The summed E-state index contributed by atoms with van der Waals surface area (Å²) in [6.45, 7) is 8.07. The van der Waals surface area contributed by atoms with Crippen LogP contribution in [0, 0.1) is 5.41 Å². The zero-order valence-electron chi connectivity index (χ0n) is 11.8. The summed E-state index contributed by atoms with van der Waals surface area (Å²) in [5.41, 5.74) is 6.98. The van der Waals surface area contributed by atoms with Gasteiger partial charge in [0, 0.05) is 18.6 Å². The molecule has 2 rings (SSSR count). The van der Waals surface area contributed by atoms with E-state index in [0.29, 0.717) is 5.41 Å². The van der Waals surface area contributed by atoms with Crippen LogP contribution < -0.4 is 5.73 Å². The van der Waals surface area contributed by atoms with Gasteiger partial charge in [0.15, 0.2) is 0 Å². The molecule has 1 heterocycles. The van der Waals surface area contributed by atoms with Crippen molar-refractivity contribution in [1.29, 1.82) is 0 Å². The van der Waals surface area contributed by atoms with Crippen LogP contribution in [0.5, 0.6) is 0 Å². The van der Waals surface area contributed by atoms with Gasteiger partial charge in [-0.15, -0.1) is 0 Å². The van der Waals surface area contributed by atoms with Crippen molar-refractivity contribution in [2.24, 2.45) is 11.1 Å². The molecule has 1 saturated carbocycles. The third kappa shape index (κ3) is 2.68. The van der Waals surface area contributed by atoms with Gasteiger partial charge in [-0.25, -0.2) is 0 Å². The molecule has 1 atom stereocenters. The minimum Gasteiger partial charge on any atom is -0.329 e. The van der Waals surface area contributed by atoms with E-state index in [2.05, 4.69) is 18.7 Å². The van der Waals surface area contributed by atoms with Gasteiger partial charge in [-0.1, -0.05) is 32.6 Å². The largest absolute Gasteiger partial charge is 0.329 e. The molecule has 0 radical (unpaired) electrons. The molecular formula is C15H30N2. The standard InChI is InChI=1S/C15H30N2/c1-3-7-14(2,12-16)17-11-10-15(13-17)8-5-4-6-9-15/h3-13,16H2,1-2H3. The van der Waals surface area contributed by atoms with E-state index in [9.17, 15) is 0 Å². The molecule has 1 saturated heterocycles. The van der Waals surface area contributed by atoms with Crippen molar-refractivity contribution in [3.05, 3.63) is 0 Å². The molecule has 0 aromatic rings. The second-order valence-corrected chi connectivity index (χ2v) is 6.68. The highest BCUT2D eigenvalue weighted by Gasteiger charge is 2.43. The fourth-order valence-electron chi connectivity index (χ4n) is 4.03. The molecule has 1 spiro atoms. The predicted molar refractivity (Wildman–Crippen MR) is 74.1 cm³/mol. The molecule has 17 heavy (non-hydrogen) atoms. The van der Waals surface area contributed by atoms with Crippen LogP contribution >= 0.6 is 0 Å². The van der Waals surface area contributed by atoms with Crippen molar-refractivity contribution in [2.75, 3.05) is 19.6 Å². The summed E-state index contributed by atoms with van der Waals surface area (Å²) in [4.78, 5) is 2.71. The number of nitrogens with two attached hydrogens (primary N) is 1. The lowest BCUT2D eigenvalue weighted by Gasteiger charge is -2.40. The summed E-state index contributed by atoms with van der Waals surface area (Å²) < 4.78 is 0. The van der Waals surface area contributed by atoms with Gasteiger partial charge < -0.3 is 5.73 Å². The van der Waals surface area contributed by atoms with Crippen LogP contribution in [0.1, 0.15) is 65.2 Å². The lowest BCUT2D eigenvalue weighted by atomic mass is 9.73. The van der Waals surface area contributed by atoms with E-state index in [4.69, 9.17) is 5.73 Å². The van der Waals surface area contributed by atoms with Crippen molar-refractivity contribution in [3.63, 3.8) is 0 Å².